The third-order valence-electron chi connectivity index (χ3n) is 3.01. The first-order chi connectivity index (χ1) is 8.11. The highest BCUT2D eigenvalue weighted by atomic mass is 35.5. The molecule has 0 radical (unpaired) electrons. The highest BCUT2D eigenvalue weighted by molar-refractivity contribution is 6.30. The molecule has 0 aromatic heterocycles. The molecule has 1 nitrogen and oxygen atoms in total. The number of rotatable bonds is 7. The van der Waals surface area contributed by atoms with Crippen LogP contribution >= 0.6 is 11.6 Å². The molecular weight excluding hydrogens is 230 g/mol. The van der Waals surface area contributed by atoms with Crippen LogP contribution < -0.4 is 5.32 Å². The van der Waals surface area contributed by atoms with Gasteiger partial charge in [-0.05, 0) is 44.4 Å². The molecule has 96 valence electrons. The third kappa shape index (κ3) is 6.09. The topological polar surface area (TPSA) is 12.0 Å². The molecule has 0 saturated carbocycles. The lowest BCUT2D eigenvalue weighted by molar-refractivity contribution is 0.434. The monoisotopic (exact) mass is 253 g/mol. The number of hydrogen-bond donors (Lipinski definition) is 1. The summed E-state index contributed by atoms with van der Waals surface area (Å²) >= 11 is 5.87. The Morgan fingerprint density at radius 2 is 1.76 bits per heavy atom. The molecule has 1 rings (SSSR count). The Labute approximate surface area is 111 Å². The summed E-state index contributed by atoms with van der Waals surface area (Å²) in [5.74, 6) is 0. The van der Waals surface area contributed by atoms with Crippen LogP contribution in [0, 0.1) is 0 Å². The Kier molecular flexibility index (Phi) is 6.61. The highest BCUT2D eigenvalue weighted by Crippen LogP contribution is 2.11. The fourth-order valence-electron chi connectivity index (χ4n) is 2.11. The summed E-state index contributed by atoms with van der Waals surface area (Å²) in [6.07, 6.45) is 4.91. The van der Waals surface area contributed by atoms with Gasteiger partial charge in [0.2, 0.25) is 0 Å². The number of unbranched alkanes of at least 4 members (excludes halogenated alkanes) is 1. The number of nitrogens with one attached hydrogen (secondary N) is 1. The van der Waals surface area contributed by atoms with Gasteiger partial charge in [-0.15, -0.1) is 0 Å². The van der Waals surface area contributed by atoms with Gasteiger partial charge in [-0.2, -0.15) is 0 Å². The smallest absolute Gasteiger partial charge is 0.0406 e. The first-order valence-corrected chi connectivity index (χ1v) is 7.00. The number of benzene rings is 1. The number of halogens is 1. The summed E-state index contributed by atoms with van der Waals surface area (Å²) < 4.78 is 0. The van der Waals surface area contributed by atoms with Crippen LogP contribution in [0.3, 0.4) is 0 Å². The molecule has 0 aliphatic rings. The predicted octanol–water partition coefficient (Wildman–Crippen LogP) is 4.44. The minimum Gasteiger partial charge on any atom is -0.311 e. The summed E-state index contributed by atoms with van der Waals surface area (Å²) in [6.45, 7) is 6.76. The van der Waals surface area contributed by atoms with Crippen molar-refractivity contribution in [1.29, 1.82) is 0 Å². The summed E-state index contributed by atoms with van der Waals surface area (Å²) in [5, 5.41) is 4.46. The molecule has 1 aromatic carbocycles. The zero-order valence-electron chi connectivity index (χ0n) is 11.2. The maximum absolute atomic E-state index is 5.87. The Morgan fingerprint density at radius 3 is 2.35 bits per heavy atom. The van der Waals surface area contributed by atoms with Crippen molar-refractivity contribution < 1.29 is 0 Å². The van der Waals surface area contributed by atoms with Gasteiger partial charge in [0.25, 0.3) is 0 Å². The van der Waals surface area contributed by atoms with Crippen LogP contribution in [0.5, 0.6) is 0 Å². The van der Waals surface area contributed by atoms with E-state index in [4.69, 9.17) is 11.6 Å². The van der Waals surface area contributed by atoms with Crippen molar-refractivity contribution in [3.63, 3.8) is 0 Å². The average Bonchev–Trinajstić information content (AvgIpc) is 2.29. The maximum atomic E-state index is 5.87. The molecule has 1 aromatic rings. The van der Waals surface area contributed by atoms with Crippen molar-refractivity contribution in [2.75, 3.05) is 0 Å². The second kappa shape index (κ2) is 7.73. The molecule has 17 heavy (non-hydrogen) atoms. The largest absolute Gasteiger partial charge is 0.311 e. The standard InChI is InChI=1S/C15H24ClN/c1-4-5-6-12(2)17-13(3)11-14-7-9-15(16)10-8-14/h7-10,12-13,17H,4-6,11H2,1-3H3. The first kappa shape index (κ1) is 14.5. The van der Waals surface area contributed by atoms with Gasteiger partial charge >= 0.3 is 0 Å². The van der Waals surface area contributed by atoms with Crippen LogP contribution in [-0.4, -0.2) is 12.1 Å². The van der Waals surface area contributed by atoms with E-state index >= 15 is 0 Å². The van der Waals surface area contributed by atoms with Gasteiger partial charge in [0.15, 0.2) is 0 Å². The average molecular weight is 254 g/mol. The summed E-state index contributed by atoms with van der Waals surface area (Å²) in [6, 6.07) is 9.27. The van der Waals surface area contributed by atoms with Gasteiger partial charge in [0.05, 0.1) is 0 Å². The second-order valence-electron chi connectivity index (χ2n) is 4.94. The second-order valence-corrected chi connectivity index (χ2v) is 5.38. The lowest BCUT2D eigenvalue weighted by Crippen LogP contribution is -2.35. The van der Waals surface area contributed by atoms with Crippen molar-refractivity contribution in [3.8, 4) is 0 Å². The van der Waals surface area contributed by atoms with E-state index < -0.39 is 0 Å². The molecule has 2 heteroatoms. The van der Waals surface area contributed by atoms with Crippen LogP contribution in [0.2, 0.25) is 5.02 Å². The summed E-state index contributed by atoms with van der Waals surface area (Å²) in [5.41, 5.74) is 1.34. The van der Waals surface area contributed by atoms with Crippen LogP contribution in [-0.2, 0) is 6.42 Å². The van der Waals surface area contributed by atoms with E-state index in [1.807, 2.05) is 12.1 Å². The summed E-state index contributed by atoms with van der Waals surface area (Å²) in [7, 11) is 0. The Morgan fingerprint density at radius 1 is 1.12 bits per heavy atom. The Hall–Kier alpha value is -0.530. The van der Waals surface area contributed by atoms with Crippen molar-refractivity contribution in [2.24, 2.45) is 0 Å². The van der Waals surface area contributed by atoms with E-state index in [1.165, 1.54) is 24.8 Å². The lowest BCUT2D eigenvalue weighted by Gasteiger charge is -2.20. The lowest BCUT2D eigenvalue weighted by atomic mass is 10.1. The van der Waals surface area contributed by atoms with Gasteiger partial charge in [-0.1, -0.05) is 43.5 Å². The van der Waals surface area contributed by atoms with Crippen LogP contribution in [0.4, 0.5) is 0 Å². The van der Waals surface area contributed by atoms with Crippen LogP contribution in [0.15, 0.2) is 24.3 Å². The van der Waals surface area contributed by atoms with E-state index in [2.05, 4.69) is 38.2 Å². The third-order valence-corrected chi connectivity index (χ3v) is 3.27. The minimum absolute atomic E-state index is 0.517. The first-order valence-electron chi connectivity index (χ1n) is 6.62. The van der Waals surface area contributed by atoms with Gasteiger partial charge in [0, 0.05) is 17.1 Å². The maximum Gasteiger partial charge on any atom is 0.0406 e. The van der Waals surface area contributed by atoms with E-state index in [1.54, 1.807) is 0 Å². The molecule has 2 atom stereocenters. The SMILES string of the molecule is CCCCC(C)NC(C)Cc1ccc(Cl)cc1. The fourth-order valence-corrected chi connectivity index (χ4v) is 2.24. The highest BCUT2D eigenvalue weighted by Gasteiger charge is 2.07. The molecule has 0 heterocycles. The molecule has 0 spiro atoms. The number of hydrogen-bond acceptors (Lipinski definition) is 1. The summed E-state index contributed by atoms with van der Waals surface area (Å²) in [4.78, 5) is 0. The van der Waals surface area contributed by atoms with Gasteiger partial charge < -0.3 is 5.32 Å². The predicted molar refractivity (Wildman–Crippen MR) is 76.7 cm³/mol. The van der Waals surface area contributed by atoms with E-state index in [-0.39, 0.29) is 0 Å². The van der Waals surface area contributed by atoms with E-state index in [0.717, 1.165) is 11.4 Å². The minimum atomic E-state index is 0.517. The molecule has 0 fully saturated rings. The Balaban J connectivity index is 2.33. The van der Waals surface area contributed by atoms with Gasteiger partial charge in [0.1, 0.15) is 0 Å². The fraction of sp³-hybridized carbons (Fsp3) is 0.600. The van der Waals surface area contributed by atoms with Crippen molar-refractivity contribution in [3.05, 3.63) is 34.9 Å². The molecule has 0 aliphatic carbocycles. The van der Waals surface area contributed by atoms with Crippen molar-refractivity contribution in [1.82, 2.24) is 5.32 Å². The quantitative estimate of drug-likeness (QED) is 0.758. The molecule has 0 amide bonds. The molecule has 2 unspecified atom stereocenters. The van der Waals surface area contributed by atoms with Crippen molar-refractivity contribution >= 4 is 11.6 Å². The van der Waals surface area contributed by atoms with Crippen LogP contribution in [0.1, 0.15) is 45.6 Å². The van der Waals surface area contributed by atoms with E-state index in [9.17, 15) is 0 Å². The van der Waals surface area contributed by atoms with Gasteiger partial charge in [-0.3, -0.25) is 0 Å². The normalized spacial score (nSPS) is 14.6. The molecule has 0 bridgehead atoms. The van der Waals surface area contributed by atoms with Gasteiger partial charge in [-0.25, -0.2) is 0 Å². The zero-order chi connectivity index (χ0) is 12.7. The zero-order valence-corrected chi connectivity index (χ0v) is 11.9. The molecule has 1 N–H and O–H groups in total. The van der Waals surface area contributed by atoms with E-state index in [0.29, 0.717) is 12.1 Å². The van der Waals surface area contributed by atoms with Crippen LogP contribution in [0.25, 0.3) is 0 Å². The van der Waals surface area contributed by atoms with Crippen molar-refractivity contribution in [2.45, 2.75) is 58.5 Å². The molecule has 0 aliphatic heterocycles. The Bertz CT molecular complexity index is 307. The molecule has 0 saturated heterocycles. The molecular formula is C15H24ClN.